The third-order valence-electron chi connectivity index (χ3n) is 0.858. The maximum absolute atomic E-state index is 10.1. The molecule has 0 aromatic rings. The molecule has 0 saturated carbocycles. The van der Waals surface area contributed by atoms with Crippen LogP contribution in [-0.2, 0) is 32.0 Å². The average molecular weight is 207 g/mol. The molecule has 0 bridgehead atoms. The molecule has 0 spiro atoms. The van der Waals surface area contributed by atoms with Crippen molar-refractivity contribution in [1.29, 1.82) is 0 Å². The van der Waals surface area contributed by atoms with Gasteiger partial charge in [-0.3, -0.25) is 14.9 Å². The van der Waals surface area contributed by atoms with Crippen molar-refractivity contribution in [3.63, 3.8) is 0 Å². The topological polar surface area (TPSA) is 46.2 Å². The molecule has 1 radical (unpaired) electrons. The van der Waals surface area contributed by atoms with Crippen molar-refractivity contribution in [2.75, 3.05) is 0 Å². The van der Waals surface area contributed by atoms with Crippen molar-refractivity contribution in [3.05, 3.63) is 0 Å². The summed E-state index contributed by atoms with van der Waals surface area (Å²) in [6, 6.07) is 0. The molecule has 0 aromatic heterocycles. The first kappa shape index (κ1) is 7.88. The first-order valence-corrected chi connectivity index (χ1v) is 2.12. The van der Waals surface area contributed by atoms with Gasteiger partial charge in [-0.25, -0.2) is 0 Å². The van der Waals surface area contributed by atoms with E-state index in [0.29, 0.717) is 12.8 Å². The number of hydrogen-bond donors (Lipinski definition) is 1. The molecular weight excluding hydrogens is 202 g/mol. The van der Waals surface area contributed by atoms with Crippen LogP contribution in [0.5, 0.6) is 0 Å². The molecule has 1 fully saturated rings. The van der Waals surface area contributed by atoms with Crippen LogP contribution in [0.25, 0.3) is 0 Å². The Bertz CT molecular complexity index is 109. The second-order valence-electron chi connectivity index (χ2n) is 1.47. The molecule has 0 aromatic carbocycles. The zero-order valence-electron chi connectivity index (χ0n) is 4.03. The second-order valence-corrected chi connectivity index (χ2v) is 1.47. The van der Waals surface area contributed by atoms with Crippen molar-refractivity contribution in [2.45, 2.75) is 12.8 Å². The fraction of sp³-hybridized carbons (Fsp3) is 0.500. The Labute approximate surface area is 62.3 Å². The summed E-state index contributed by atoms with van der Waals surface area (Å²) in [7, 11) is 0. The van der Waals surface area contributed by atoms with Gasteiger partial charge in [-0.2, -0.15) is 0 Å². The Hall–Kier alpha value is -0.120. The molecule has 49 valence electrons. The van der Waals surface area contributed by atoms with Crippen LogP contribution in [0.4, 0.5) is 0 Å². The average Bonchev–Trinajstić information content (AvgIpc) is 1.87. The van der Waals surface area contributed by atoms with Crippen LogP contribution >= 0.6 is 0 Å². The molecule has 1 aliphatic rings. The standard InChI is InChI=1S/C4H5NO2.Ag/c6-3-1-2-4(7)5-3;/h1-2H2,(H,5,6,7);. The maximum atomic E-state index is 10.1. The van der Waals surface area contributed by atoms with Gasteiger partial charge < -0.3 is 0 Å². The van der Waals surface area contributed by atoms with E-state index in [4.69, 9.17) is 0 Å². The second kappa shape index (κ2) is 3.02. The molecule has 0 unspecified atom stereocenters. The first-order chi connectivity index (χ1) is 3.29. The van der Waals surface area contributed by atoms with Gasteiger partial charge in [-0.1, -0.05) is 0 Å². The van der Waals surface area contributed by atoms with E-state index in [1.54, 1.807) is 0 Å². The molecule has 8 heavy (non-hydrogen) atoms. The number of rotatable bonds is 0. The normalized spacial score (nSPS) is 17.5. The number of carbonyl (C=O) groups is 2. The maximum Gasteiger partial charge on any atom is 0.227 e. The van der Waals surface area contributed by atoms with Gasteiger partial charge in [-0.05, 0) is 0 Å². The van der Waals surface area contributed by atoms with Gasteiger partial charge in [0.05, 0.1) is 0 Å². The van der Waals surface area contributed by atoms with E-state index >= 15 is 0 Å². The van der Waals surface area contributed by atoms with Crippen molar-refractivity contribution < 1.29 is 32.0 Å². The van der Waals surface area contributed by atoms with Gasteiger partial charge in [0.1, 0.15) is 0 Å². The van der Waals surface area contributed by atoms with Gasteiger partial charge in [0.25, 0.3) is 0 Å². The van der Waals surface area contributed by atoms with Gasteiger partial charge in [0.2, 0.25) is 11.8 Å². The summed E-state index contributed by atoms with van der Waals surface area (Å²) >= 11 is 0. The Morgan fingerprint density at radius 2 is 1.50 bits per heavy atom. The van der Waals surface area contributed by atoms with Crippen LogP contribution in [0.2, 0.25) is 0 Å². The van der Waals surface area contributed by atoms with Crippen LogP contribution < -0.4 is 5.32 Å². The van der Waals surface area contributed by atoms with Crippen molar-refractivity contribution in [3.8, 4) is 0 Å². The fourth-order valence-corrected chi connectivity index (χ4v) is 0.508. The molecule has 1 aliphatic heterocycles. The SMILES string of the molecule is O=C1CCC(=O)N1.[Ag]. The van der Waals surface area contributed by atoms with Crippen LogP contribution in [-0.4, -0.2) is 11.8 Å². The van der Waals surface area contributed by atoms with Gasteiger partial charge in [0.15, 0.2) is 0 Å². The van der Waals surface area contributed by atoms with Crippen LogP contribution in [0, 0.1) is 0 Å². The molecule has 1 saturated heterocycles. The summed E-state index contributed by atoms with van der Waals surface area (Å²) < 4.78 is 0. The van der Waals surface area contributed by atoms with E-state index in [-0.39, 0.29) is 34.2 Å². The molecule has 1 N–H and O–H groups in total. The fourth-order valence-electron chi connectivity index (χ4n) is 0.508. The molecule has 4 heteroatoms. The summed E-state index contributed by atoms with van der Waals surface area (Å²) in [5.74, 6) is -0.296. The minimum Gasteiger partial charge on any atom is -0.296 e. The van der Waals surface area contributed by atoms with E-state index < -0.39 is 0 Å². The number of nitrogens with one attached hydrogen (secondary N) is 1. The summed E-state index contributed by atoms with van der Waals surface area (Å²) in [6.07, 6.45) is 0.748. The smallest absolute Gasteiger partial charge is 0.227 e. The third-order valence-corrected chi connectivity index (χ3v) is 0.858. The predicted octanol–water partition coefficient (Wildman–Crippen LogP) is -0.579. The largest absolute Gasteiger partial charge is 0.296 e. The van der Waals surface area contributed by atoms with Gasteiger partial charge in [-0.15, -0.1) is 0 Å². The molecule has 1 rings (SSSR count). The van der Waals surface area contributed by atoms with E-state index in [9.17, 15) is 9.59 Å². The summed E-state index contributed by atoms with van der Waals surface area (Å²) in [4.78, 5) is 20.2. The molecule has 0 aliphatic carbocycles. The predicted molar refractivity (Wildman–Crippen MR) is 22.4 cm³/mol. The summed E-state index contributed by atoms with van der Waals surface area (Å²) in [6.45, 7) is 0. The number of carbonyl (C=O) groups excluding carboxylic acids is 2. The van der Waals surface area contributed by atoms with Crippen LogP contribution in [0.1, 0.15) is 12.8 Å². The Kier molecular flexibility index (Phi) is 2.97. The van der Waals surface area contributed by atoms with E-state index in [1.807, 2.05) is 0 Å². The van der Waals surface area contributed by atoms with Crippen molar-refractivity contribution in [1.82, 2.24) is 5.32 Å². The monoisotopic (exact) mass is 206 g/mol. The van der Waals surface area contributed by atoms with Crippen LogP contribution in [0.15, 0.2) is 0 Å². The first-order valence-electron chi connectivity index (χ1n) is 2.12. The van der Waals surface area contributed by atoms with E-state index in [0.717, 1.165) is 0 Å². The minimum absolute atomic E-state index is 0. The van der Waals surface area contributed by atoms with E-state index in [1.165, 1.54) is 0 Å². The zero-order chi connectivity index (χ0) is 5.28. The molecule has 2 amide bonds. The zero-order valence-corrected chi connectivity index (χ0v) is 5.51. The number of hydrogen-bond acceptors (Lipinski definition) is 2. The Morgan fingerprint density at radius 3 is 1.62 bits per heavy atom. The van der Waals surface area contributed by atoms with Crippen molar-refractivity contribution >= 4 is 11.8 Å². The molecular formula is C4H5AgNO2. The number of imide groups is 1. The van der Waals surface area contributed by atoms with Gasteiger partial charge >= 0.3 is 0 Å². The van der Waals surface area contributed by atoms with Gasteiger partial charge in [0, 0.05) is 35.2 Å². The number of amides is 2. The molecule has 1 heterocycles. The Morgan fingerprint density at radius 1 is 1.12 bits per heavy atom. The third kappa shape index (κ3) is 1.78. The Balaban J connectivity index is 0.000000490. The van der Waals surface area contributed by atoms with Crippen molar-refractivity contribution in [2.24, 2.45) is 0 Å². The summed E-state index contributed by atoms with van der Waals surface area (Å²) in [5, 5.41) is 2.14. The quantitative estimate of drug-likeness (QED) is 0.426. The minimum atomic E-state index is -0.148. The van der Waals surface area contributed by atoms with E-state index in [2.05, 4.69) is 5.32 Å². The molecule has 0 atom stereocenters. The van der Waals surface area contributed by atoms with Crippen LogP contribution in [0.3, 0.4) is 0 Å². The molecule has 3 nitrogen and oxygen atoms in total. The summed E-state index contributed by atoms with van der Waals surface area (Å²) in [5.41, 5.74) is 0.